The van der Waals surface area contributed by atoms with Crippen molar-refractivity contribution >= 4 is 0 Å². The van der Waals surface area contributed by atoms with Crippen LogP contribution in [-0.2, 0) is 6.42 Å². The highest BCUT2D eigenvalue weighted by Crippen LogP contribution is 2.34. The first-order valence-electron chi connectivity index (χ1n) is 7.09. The highest BCUT2D eigenvalue weighted by atomic mass is 19.1. The average Bonchev–Trinajstić information content (AvgIpc) is 2.56. The molecule has 3 aromatic rings. The Morgan fingerprint density at radius 3 is 2.33 bits per heavy atom. The van der Waals surface area contributed by atoms with Gasteiger partial charge in [-0.3, -0.25) is 4.98 Å². The van der Waals surface area contributed by atoms with Crippen molar-refractivity contribution in [2.45, 2.75) is 13.3 Å². The molecule has 0 radical (unpaired) electrons. The van der Waals surface area contributed by atoms with Crippen molar-refractivity contribution in [1.29, 1.82) is 0 Å². The van der Waals surface area contributed by atoms with Crippen molar-refractivity contribution in [3.8, 4) is 22.4 Å². The normalized spacial score (nSPS) is 10.6. The molecule has 0 aliphatic heterocycles. The van der Waals surface area contributed by atoms with Crippen LogP contribution in [0.5, 0.6) is 0 Å². The van der Waals surface area contributed by atoms with Crippen molar-refractivity contribution in [3.05, 3.63) is 78.2 Å². The van der Waals surface area contributed by atoms with Gasteiger partial charge in [-0.15, -0.1) is 0 Å². The van der Waals surface area contributed by atoms with Crippen molar-refractivity contribution in [2.75, 3.05) is 0 Å². The van der Waals surface area contributed by atoms with Gasteiger partial charge in [-0.05, 0) is 29.7 Å². The van der Waals surface area contributed by atoms with E-state index in [2.05, 4.69) is 4.98 Å². The summed E-state index contributed by atoms with van der Waals surface area (Å²) in [6.45, 7) is 1.97. The van der Waals surface area contributed by atoms with Crippen LogP contribution in [0.2, 0.25) is 0 Å². The molecule has 0 amide bonds. The van der Waals surface area contributed by atoms with Crippen molar-refractivity contribution in [2.24, 2.45) is 0 Å². The lowest BCUT2D eigenvalue weighted by molar-refractivity contribution is 0.616. The van der Waals surface area contributed by atoms with E-state index in [9.17, 15) is 4.39 Å². The van der Waals surface area contributed by atoms with E-state index in [1.807, 2.05) is 67.6 Å². The number of rotatable bonds is 3. The fourth-order valence-electron chi connectivity index (χ4n) is 2.51. The zero-order chi connectivity index (χ0) is 14.7. The van der Waals surface area contributed by atoms with E-state index in [4.69, 9.17) is 0 Å². The molecule has 0 N–H and O–H groups in total. The predicted octanol–water partition coefficient (Wildman–Crippen LogP) is 5.12. The molecule has 0 saturated heterocycles. The van der Waals surface area contributed by atoms with Gasteiger partial charge >= 0.3 is 0 Å². The summed E-state index contributed by atoms with van der Waals surface area (Å²) in [5, 5.41) is 0. The molecule has 104 valence electrons. The van der Waals surface area contributed by atoms with Crippen LogP contribution in [0, 0.1) is 5.82 Å². The Labute approximate surface area is 124 Å². The Kier molecular flexibility index (Phi) is 3.78. The average molecular weight is 277 g/mol. The monoisotopic (exact) mass is 277 g/mol. The first-order valence-corrected chi connectivity index (χ1v) is 7.09. The van der Waals surface area contributed by atoms with Gasteiger partial charge in [0.05, 0.1) is 5.69 Å². The van der Waals surface area contributed by atoms with Crippen LogP contribution in [0.4, 0.5) is 4.39 Å². The van der Waals surface area contributed by atoms with Gasteiger partial charge in [0.1, 0.15) is 5.82 Å². The second-order valence-corrected chi connectivity index (χ2v) is 4.90. The van der Waals surface area contributed by atoms with Crippen molar-refractivity contribution in [3.63, 3.8) is 0 Å². The molecular weight excluding hydrogens is 261 g/mol. The van der Waals surface area contributed by atoms with Gasteiger partial charge in [0.25, 0.3) is 0 Å². The van der Waals surface area contributed by atoms with E-state index >= 15 is 0 Å². The minimum Gasteiger partial charge on any atom is -0.256 e. The van der Waals surface area contributed by atoms with E-state index in [0.29, 0.717) is 12.0 Å². The number of nitrogens with zero attached hydrogens (tertiary/aromatic N) is 1. The maximum Gasteiger partial charge on any atom is 0.134 e. The zero-order valence-corrected chi connectivity index (χ0v) is 11.9. The third kappa shape index (κ3) is 2.57. The van der Waals surface area contributed by atoms with Crippen LogP contribution in [0.1, 0.15) is 12.5 Å². The molecule has 21 heavy (non-hydrogen) atoms. The largest absolute Gasteiger partial charge is 0.256 e. The van der Waals surface area contributed by atoms with Gasteiger partial charge in [0.15, 0.2) is 0 Å². The Balaban J connectivity index is 2.28. The summed E-state index contributed by atoms with van der Waals surface area (Å²) in [5.74, 6) is -0.146. The van der Waals surface area contributed by atoms with E-state index in [1.165, 1.54) is 0 Å². The zero-order valence-electron chi connectivity index (χ0n) is 11.9. The number of benzene rings is 2. The number of pyridine rings is 1. The van der Waals surface area contributed by atoms with E-state index in [-0.39, 0.29) is 5.82 Å². The molecule has 2 heteroatoms. The quantitative estimate of drug-likeness (QED) is 0.647. The summed E-state index contributed by atoms with van der Waals surface area (Å²) < 4.78 is 14.9. The van der Waals surface area contributed by atoms with Crippen LogP contribution in [-0.4, -0.2) is 4.98 Å². The van der Waals surface area contributed by atoms with E-state index < -0.39 is 0 Å². The number of hydrogen-bond acceptors (Lipinski definition) is 1. The van der Waals surface area contributed by atoms with Crippen LogP contribution >= 0.6 is 0 Å². The second-order valence-electron chi connectivity index (χ2n) is 4.90. The minimum absolute atomic E-state index is 0.146. The fraction of sp³-hybridized carbons (Fsp3) is 0.105. The molecule has 0 aliphatic rings. The molecule has 3 rings (SSSR count). The number of hydrogen-bond donors (Lipinski definition) is 0. The maximum absolute atomic E-state index is 14.9. The molecule has 1 aromatic heterocycles. The lowest BCUT2D eigenvalue weighted by Gasteiger charge is -2.13. The Morgan fingerprint density at radius 2 is 1.67 bits per heavy atom. The topological polar surface area (TPSA) is 12.9 Å². The third-order valence-corrected chi connectivity index (χ3v) is 3.61. The third-order valence-electron chi connectivity index (χ3n) is 3.61. The molecule has 0 unspecified atom stereocenters. The van der Waals surface area contributed by atoms with Gasteiger partial charge in [-0.2, -0.15) is 0 Å². The SMILES string of the molecule is CCc1ccc(-c2ccccn2)c(-c2ccccc2)c1F. The van der Waals surface area contributed by atoms with Crippen molar-refractivity contribution in [1.82, 2.24) is 4.98 Å². The molecule has 0 fully saturated rings. The lowest BCUT2D eigenvalue weighted by atomic mass is 9.93. The minimum atomic E-state index is -0.146. The van der Waals surface area contributed by atoms with Gasteiger partial charge < -0.3 is 0 Å². The summed E-state index contributed by atoms with van der Waals surface area (Å²) in [4.78, 5) is 4.37. The van der Waals surface area contributed by atoms with E-state index in [0.717, 1.165) is 22.4 Å². The highest BCUT2D eigenvalue weighted by molar-refractivity contribution is 5.82. The molecule has 2 aromatic carbocycles. The molecule has 0 bridgehead atoms. The van der Waals surface area contributed by atoms with Crippen LogP contribution in [0.25, 0.3) is 22.4 Å². The fourth-order valence-corrected chi connectivity index (χ4v) is 2.51. The van der Waals surface area contributed by atoms with Crippen molar-refractivity contribution < 1.29 is 4.39 Å². The first kappa shape index (κ1) is 13.5. The molecule has 1 heterocycles. The summed E-state index contributed by atoms with van der Waals surface area (Å²) >= 11 is 0. The molecule has 0 aliphatic carbocycles. The molecule has 0 saturated carbocycles. The predicted molar refractivity (Wildman–Crippen MR) is 84.4 cm³/mol. The summed E-state index contributed by atoms with van der Waals surface area (Å²) in [7, 11) is 0. The van der Waals surface area contributed by atoms with Gasteiger partial charge in [-0.25, -0.2) is 4.39 Å². The molecule has 0 spiro atoms. The number of halogens is 1. The Bertz CT molecular complexity index is 736. The lowest BCUT2D eigenvalue weighted by Crippen LogP contribution is -1.96. The Hall–Kier alpha value is -2.48. The smallest absolute Gasteiger partial charge is 0.134 e. The number of aryl methyl sites for hydroxylation is 1. The summed E-state index contributed by atoms with van der Waals surface area (Å²) in [6.07, 6.45) is 2.41. The second kappa shape index (κ2) is 5.88. The first-order chi connectivity index (χ1) is 10.3. The van der Waals surface area contributed by atoms with Crippen LogP contribution < -0.4 is 0 Å². The summed E-state index contributed by atoms with van der Waals surface area (Å²) in [5.41, 5.74) is 3.86. The van der Waals surface area contributed by atoms with Crippen LogP contribution in [0.15, 0.2) is 66.9 Å². The number of aromatic nitrogens is 1. The highest BCUT2D eigenvalue weighted by Gasteiger charge is 2.16. The maximum atomic E-state index is 14.9. The molecular formula is C19H16FN. The van der Waals surface area contributed by atoms with E-state index in [1.54, 1.807) is 6.20 Å². The van der Waals surface area contributed by atoms with Gasteiger partial charge in [0.2, 0.25) is 0 Å². The Morgan fingerprint density at radius 1 is 0.905 bits per heavy atom. The molecule has 1 nitrogen and oxygen atoms in total. The van der Waals surface area contributed by atoms with Crippen LogP contribution in [0.3, 0.4) is 0 Å². The van der Waals surface area contributed by atoms with Gasteiger partial charge in [-0.1, -0.05) is 55.5 Å². The standard InChI is InChI=1S/C19H16FN/c1-2-14-11-12-16(17-10-6-7-13-21-17)18(19(14)20)15-8-4-3-5-9-15/h3-13H,2H2,1H3. The molecule has 0 atom stereocenters. The van der Waals surface area contributed by atoms with Gasteiger partial charge in [0, 0.05) is 17.3 Å². The summed E-state index contributed by atoms with van der Waals surface area (Å²) in [6, 6.07) is 19.2.